The van der Waals surface area contributed by atoms with Gasteiger partial charge in [-0.15, -0.1) is 0 Å². The molecule has 0 saturated carbocycles. The molecule has 1 heterocycles. The number of aromatic amines is 1. The van der Waals surface area contributed by atoms with Gasteiger partial charge in [-0.05, 0) is 45.0 Å². The van der Waals surface area contributed by atoms with E-state index in [1.807, 2.05) is 13.8 Å². The number of carbonyl (C=O) groups is 1. The number of para-hydroxylation sites is 1. The molecule has 0 saturated heterocycles. The molecule has 1 atom stereocenters. The molecule has 0 amide bonds. The predicted octanol–water partition coefficient (Wildman–Crippen LogP) is 4.29. The summed E-state index contributed by atoms with van der Waals surface area (Å²) in [5.41, 5.74) is 0.417. The van der Waals surface area contributed by atoms with E-state index in [4.69, 9.17) is 25.8 Å². The van der Waals surface area contributed by atoms with Crippen molar-refractivity contribution in [2.75, 3.05) is 7.11 Å². The molecule has 3 aromatic rings. The molecular formula is C21H21ClN2O5. The smallest absolute Gasteiger partial charge is 0.339 e. The summed E-state index contributed by atoms with van der Waals surface area (Å²) < 4.78 is 16.4. The summed E-state index contributed by atoms with van der Waals surface area (Å²) in [7, 11) is 1.46. The maximum Gasteiger partial charge on any atom is 0.339 e. The van der Waals surface area contributed by atoms with Crippen LogP contribution in [0.2, 0.25) is 5.02 Å². The lowest BCUT2D eigenvalue weighted by molar-refractivity contribution is 0.0319. The van der Waals surface area contributed by atoms with E-state index >= 15 is 0 Å². The molecule has 0 fully saturated rings. The van der Waals surface area contributed by atoms with Crippen LogP contribution in [-0.4, -0.2) is 29.2 Å². The lowest BCUT2D eigenvalue weighted by Gasteiger charge is -2.17. The fraction of sp³-hybridized carbons (Fsp3) is 0.286. The lowest BCUT2D eigenvalue weighted by atomic mass is 10.2. The maximum atomic E-state index is 12.6. The van der Waals surface area contributed by atoms with E-state index in [-0.39, 0.29) is 28.1 Å². The van der Waals surface area contributed by atoms with Gasteiger partial charge in [-0.2, -0.15) is 0 Å². The second-order valence-electron chi connectivity index (χ2n) is 6.67. The Labute approximate surface area is 172 Å². The topological polar surface area (TPSA) is 90.5 Å². The zero-order chi connectivity index (χ0) is 21.1. The first-order valence-corrected chi connectivity index (χ1v) is 9.42. The first-order valence-electron chi connectivity index (χ1n) is 9.04. The number of nitrogens with zero attached hydrogens (tertiary/aromatic N) is 1. The third-order valence-electron chi connectivity index (χ3n) is 4.12. The Morgan fingerprint density at radius 3 is 2.59 bits per heavy atom. The summed E-state index contributed by atoms with van der Waals surface area (Å²) in [4.78, 5) is 31.9. The number of aromatic nitrogens is 2. The van der Waals surface area contributed by atoms with E-state index in [0.29, 0.717) is 22.4 Å². The van der Waals surface area contributed by atoms with Gasteiger partial charge in [-0.3, -0.25) is 4.79 Å². The number of methoxy groups -OCH3 is 1. The molecule has 3 rings (SSSR count). The molecule has 1 aromatic heterocycles. The average Bonchev–Trinajstić information content (AvgIpc) is 2.68. The van der Waals surface area contributed by atoms with E-state index in [9.17, 15) is 9.59 Å². The number of H-pyrrole nitrogens is 1. The van der Waals surface area contributed by atoms with Gasteiger partial charge < -0.3 is 19.2 Å². The molecule has 0 radical (unpaired) electrons. The van der Waals surface area contributed by atoms with E-state index in [0.717, 1.165) is 0 Å². The number of carbonyl (C=O) groups excluding carboxylic acids is 1. The molecule has 0 aliphatic heterocycles. The van der Waals surface area contributed by atoms with Crippen molar-refractivity contribution in [3.05, 3.63) is 63.2 Å². The number of halogens is 1. The quantitative estimate of drug-likeness (QED) is 0.603. The van der Waals surface area contributed by atoms with Crippen molar-refractivity contribution in [2.45, 2.75) is 33.0 Å². The van der Waals surface area contributed by atoms with Crippen molar-refractivity contribution in [3.63, 3.8) is 0 Å². The average molecular weight is 417 g/mol. The van der Waals surface area contributed by atoms with Crippen molar-refractivity contribution in [2.24, 2.45) is 0 Å². The first-order chi connectivity index (χ1) is 13.8. The van der Waals surface area contributed by atoms with Gasteiger partial charge in [0.1, 0.15) is 0 Å². The Hall–Kier alpha value is -3.06. The minimum atomic E-state index is -0.781. The minimum absolute atomic E-state index is 0.116. The van der Waals surface area contributed by atoms with Gasteiger partial charge in [0.25, 0.3) is 5.56 Å². The highest BCUT2D eigenvalue weighted by Crippen LogP contribution is 2.37. The number of ether oxygens (including phenoxy) is 3. The van der Waals surface area contributed by atoms with E-state index in [2.05, 4.69) is 9.97 Å². The van der Waals surface area contributed by atoms with Crippen molar-refractivity contribution >= 4 is 28.5 Å². The third-order valence-corrected chi connectivity index (χ3v) is 4.40. The van der Waals surface area contributed by atoms with Crippen LogP contribution in [0.5, 0.6) is 11.5 Å². The highest BCUT2D eigenvalue weighted by molar-refractivity contribution is 6.32. The molecule has 0 spiro atoms. The van der Waals surface area contributed by atoms with Crippen LogP contribution in [0.1, 0.15) is 43.1 Å². The van der Waals surface area contributed by atoms with Gasteiger partial charge >= 0.3 is 5.97 Å². The van der Waals surface area contributed by atoms with Crippen LogP contribution < -0.4 is 15.0 Å². The normalized spacial score (nSPS) is 12.1. The van der Waals surface area contributed by atoms with Crippen molar-refractivity contribution in [3.8, 4) is 11.5 Å². The third kappa shape index (κ3) is 4.51. The number of nitrogens with one attached hydrogen (secondary N) is 1. The SMILES string of the molecule is COc1cc(C(=O)O[C@H](C)c2nc3ccccc3c(=O)[nH]2)cc(Cl)c1OC(C)C. The molecular weight excluding hydrogens is 396 g/mol. The lowest BCUT2D eigenvalue weighted by Crippen LogP contribution is -2.17. The van der Waals surface area contributed by atoms with Gasteiger partial charge in [0, 0.05) is 0 Å². The summed E-state index contributed by atoms with van der Waals surface area (Å²) >= 11 is 6.27. The number of esters is 1. The summed E-state index contributed by atoms with van der Waals surface area (Å²) in [6.45, 7) is 5.34. The van der Waals surface area contributed by atoms with Gasteiger partial charge in [0.2, 0.25) is 0 Å². The predicted molar refractivity (Wildman–Crippen MR) is 110 cm³/mol. The van der Waals surface area contributed by atoms with Crippen LogP contribution in [0.15, 0.2) is 41.2 Å². The number of benzene rings is 2. The molecule has 0 unspecified atom stereocenters. The molecule has 29 heavy (non-hydrogen) atoms. The Bertz CT molecular complexity index is 1110. The van der Waals surface area contributed by atoms with Crippen LogP contribution in [0.25, 0.3) is 10.9 Å². The summed E-state index contributed by atoms with van der Waals surface area (Å²) in [6, 6.07) is 9.89. The van der Waals surface area contributed by atoms with Crippen LogP contribution in [-0.2, 0) is 4.74 Å². The van der Waals surface area contributed by atoms with E-state index in [1.54, 1.807) is 31.2 Å². The molecule has 8 heteroatoms. The Morgan fingerprint density at radius 2 is 1.90 bits per heavy atom. The Balaban J connectivity index is 1.86. The molecule has 7 nitrogen and oxygen atoms in total. The van der Waals surface area contributed by atoms with Gasteiger partial charge in [0.15, 0.2) is 23.4 Å². The fourth-order valence-electron chi connectivity index (χ4n) is 2.77. The summed E-state index contributed by atoms with van der Waals surface area (Å²) in [6.07, 6.45) is -0.897. The van der Waals surface area contributed by atoms with Crippen LogP contribution in [0.4, 0.5) is 0 Å². The summed E-state index contributed by atoms with van der Waals surface area (Å²) in [5, 5.41) is 0.696. The second kappa shape index (κ2) is 8.53. The molecule has 152 valence electrons. The molecule has 2 aromatic carbocycles. The molecule has 0 bridgehead atoms. The van der Waals surface area contributed by atoms with E-state index < -0.39 is 12.1 Å². The Morgan fingerprint density at radius 1 is 1.17 bits per heavy atom. The monoisotopic (exact) mass is 416 g/mol. The number of fused-ring (bicyclic) bond motifs is 1. The van der Waals surface area contributed by atoms with Crippen molar-refractivity contribution in [1.82, 2.24) is 9.97 Å². The van der Waals surface area contributed by atoms with Crippen molar-refractivity contribution in [1.29, 1.82) is 0 Å². The zero-order valence-electron chi connectivity index (χ0n) is 16.5. The standard InChI is InChI=1S/C21H21ClN2O5/c1-11(2)28-18-15(22)9-13(10-17(18)27-4)21(26)29-12(3)19-23-16-8-6-5-7-14(16)20(25)24-19/h5-12H,1-4H3,(H,23,24,25)/t12-/m1/s1. The molecule has 0 aliphatic rings. The van der Waals surface area contributed by atoms with Gasteiger partial charge in [0.05, 0.1) is 34.7 Å². The van der Waals surface area contributed by atoms with Crippen LogP contribution in [0.3, 0.4) is 0 Å². The van der Waals surface area contributed by atoms with Gasteiger partial charge in [-0.1, -0.05) is 23.7 Å². The van der Waals surface area contributed by atoms with E-state index in [1.165, 1.54) is 19.2 Å². The minimum Gasteiger partial charge on any atom is -0.493 e. The highest BCUT2D eigenvalue weighted by Gasteiger charge is 2.21. The molecule has 1 N–H and O–H groups in total. The number of hydrogen-bond donors (Lipinski definition) is 1. The van der Waals surface area contributed by atoms with Crippen LogP contribution >= 0.6 is 11.6 Å². The second-order valence-corrected chi connectivity index (χ2v) is 7.08. The van der Waals surface area contributed by atoms with Crippen LogP contribution in [0, 0.1) is 0 Å². The number of rotatable bonds is 6. The zero-order valence-corrected chi connectivity index (χ0v) is 17.2. The highest BCUT2D eigenvalue weighted by atomic mass is 35.5. The largest absolute Gasteiger partial charge is 0.493 e. The fourth-order valence-corrected chi connectivity index (χ4v) is 3.02. The Kier molecular flexibility index (Phi) is 6.08. The molecule has 0 aliphatic carbocycles. The summed E-state index contributed by atoms with van der Waals surface area (Å²) in [5.74, 6) is 0.293. The number of hydrogen-bond acceptors (Lipinski definition) is 6. The maximum absolute atomic E-state index is 12.6. The van der Waals surface area contributed by atoms with Gasteiger partial charge in [-0.25, -0.2) is 9.78 Å². The first kappa shape index (κ1) is 20.7. The van der Waals surface area contributed by atoms with Crippen molar-refractivity contribution < 1.29 is 19.0 Å².